The Balaban J connectivity index is 1.89. The van der Waals surface area contributed by atoms with Crippen molar-refractivity contribution in [1.29, 1.82) is 0 Å². The molecule has 3 N–H and O–H groups in total. The van der Waals surface area contributed by atoms with Crippen LogP contribution in [0.15, 0.2) is 22.5 Å². The Labute approximate surface area is 151 Å². The third-order valence-electron chi connectivity index (χ3n) is 3.56. The third kappa shape index (κ3) is 5.25. The first-order valence-electron chi connectivity index (χ1n) is 7.86. The second-order valence-electron chi connectivity index (χ2n) is 5.31. The second-order valence-corrected chi connectivity index (χ2v) is 6.37. The lowest BCUT2D eigenvalue weighted by molar-refractivity contribution is 0.339. The van der Waals surface area contributed by atoms with Crippen LogP contribution in [0.1, 0.15) is 16.3 Å². The lowest BCUT2D eigenvalue weighted by Gasteiger charge is -2.14. The lowest BCUT2D eigenvalue weighted by Crippen LogP contribution is -2.37. The number of thiazole rings is 1. The van der Waals surface area contributed by atoms with Crippen LogP contribution < -0.4 is 20.1 Å². The number of methoxy groups -OCH3 is 2. The molecule has 0 unspecified atom stereocenters. The zero-order valence-corrected chi connectivity index (χ0v) is 15.7. The zero-order chi connectivity index (χ0) is 18.2. The fourth-order valence-corrected chi connectivity index (χ4v) is 2.94. The number of aryl methyl sites for hydroxylation is 1. The van der Waals surface area contributed by atoms with Crippen molar-refractivity contribution < 1.29 is 14.6 Å². The van der Waals surface area contributed by atoms with E-state index < -0.39 is 0 Å². The highest BCUT2D eigenvalue weighted by Crippen LogP contribution is 2.36. The summed E-state index contributed by atoms with van der Waals surface area (Å²) in [5.74, 6) is 1.43. The van der Waals surface area contributed by atoms with Gasteiger partial charge in [-0.2, -0.15) is 0 Å². The summed E-state index contributed by atoms with van der Waals surface area (Å²) in [4.78, 5) is 8.65. The van der Waals surface area contributed by atoms with Gasteiger partial charge in [-0.15, -0.1) is 11.3 Å². The van der Waals surface area contributed by atoms with E-state index in [-0.39, 0.29) is 5.75 Å². The predicted octanol–water partition coefficient (Wildman–Crippen LogP) is 2.08. The molecule has 1 aromatic heterocycles. The van der Waals surface area contributed by atoms with Crippen LogP contribution in [0.5, 0.6) is 17.2 Å². The first-order chi connectivity index (χ1) is 12.1. The van der Waals surface area contributed by atoms with Gasteiger partial charge in [0.05, 0.1) is 24.9 Å². The Bertz CT molecular complexity index is 705. The molecule has 0 fully saturated rings. The van der Waals surface area contributed by atoms with E-state index in [0.29, 0.717) is 24.0 Å². The Hall–Kier alpha value is -2.48. The molecule has 0 saturated carbocycles. The molecule has 0 radical (unpaired) electrons. The van der Waals surface area contributed by atoms with Crippen LogP contribution in [0.25, 0.3) is 0 Å². The molecule has 0 amide bonds. The van der Waals surface area contributed by atoms with Crippen molar-refractivity contribution in [2.24, 2.45) is 4.99 Å². The number of aromatic hydroxyl groups is 1. The quantitative estimate of drug-likeness (QED) is 0.515. The van der Waals surface area contributed by atoms with Crippen LogP contribution in [0.2, 0.25) is 0 Å². The number of aromatic nitrogens is 1. The molecule has 0 bridgehead atoms. The maximum Gasteiger partial charge on any atom is 0.200 e. The van der Waals surface area contributed by atoms with Crippen LogP contribution >= 0.6 is 11.3 Å². The summed E-state index contributed by atoms with van der Waals surface area (Å²) in [5, 5.41) is 19.6. The molecule has 0 saturated heterocycles. The topological polar surface area (TPSA) is 88.0 Å². The van der Waals surface area contributed by atoms with E-state index in [1.165, 1.54) is 14.2 Å². The SMILES string of the molecule is CN=C(NCCc1csc(C)n1)NCc1cc(OC)c(O)c(OC)c1. The van der Waals surface area contributed by atoms with Gasteiger partial charge in [-0.05, 0) is 24.6 Å². The summed E-state index contributed by atoms with van der Waals surface area (Å²) >= 11 is 1.66. The average molecular weight is 364 g/mol. The normalized spacial score (nSPS) is 11.3. The highest BCUT2D eigenvalue weighted by Gasteiger charge is 2.11. The molecule has 25 heavy (non-hydrogen) atoms. The van der Waals surface area contributed by atoms with Crippen LogP contribution in [0.4, 0.5) is 0 Å². The number of hydrogen-bond acceptors (Lipinski definition) is 6. The first-order valence-corrected chi connectivity index (χ1v) is 8.74. The standard InChI is InChI=1S/C17H24N4O3S/c1-11-21-13(10-25-11)5-6-19-17(18-2)20-9-12-7-14(23-3)16(22)15(8-12)24-4/h7-8,10,22H,5-6,9H2,1-4H3,(H2,18,19,20). The Kier molecular flexibility index (Phi) is 6.88. The van der Waals surface area contributed by atoms with E-state index in [1.54, 1.807) is 30.5 Å². The van der Waals surface area contributed by atoms with Crippen LogP contribution in [-0.2, 0) is 13.0 Å². The molecule has 8 heteroatoms. The molecule has 7 nitrogen and oxygen atoms in total. The molecule has 0 aliphatic rings. The van der Waals surface area contributed by atoms with Gasteiger partial charge < -0.3 is 25.2 Å². The van der Waals surface area contributed by atoms with Crippen molar-refractivity contribution in [3.63, 3.8) is 0 Å². The molecule has 1 aromatic carbocycles. The predicted molar refractivity (Wildman–Crippen MR) is 100.0 cm³/mol. The number of phenolic OH excluding ortho intramolecular Hbond substituents is 1. The fraction of sp³-hybridized carbons (Fsp3) is 0.412. The van der Waals surface area contributed by atoms with E-state index in [1.807, 2.05) is 6.92 Å². The number of rotatable bonds is 7. The number of phenols is 1. The Morgan fingerprint density at radius 3 is 2.44 bits per heavy atom. The summed E-state index contributed by atoms with van der Waals surface area (Å²) in [6.45, 7) is 3.26. The number of ether oxygens (including phenoxy) is 2. The van der Waals surface area contributed by atoms with Gasteiger partial charge in [0, 0.05) is 31.9 Å². The lowest BCUT2D eigenvalue weighted by atomic mass is 10.2. The van der Waals surface area contributed by atoms with Gasteiger partial charge in [-0.25, -0.2) is 4.98 Å². The van der Waals surface area contributed by atoms with Gasteiger partial charge in [0.25, 0.3) is 0 Å². The van der Waals surface area contributed by atoms with Crippen molar-refractivity contribution in [2.75, 3.05) is 27.8 Å². The first kappa shape index (κ1) is 18.9. The smallest absolute Gasteiger partial charge is 0.200 e. The van der Waals surface area contributed by atoms with Crippen molar-refractivity contribution in [1.82, 2.24) is 15.6 Å². The maximum absolute atomic E-state index is 9.95. The molecule has 0 spiro atoms. The highest BCUT2D eigenvalue weighted by atomic mass is 32.1. The monoisotopic (exact) mass is 364 g/mol. The molecule has 1 heterocycles. The maximum atomic E-state index is 9.95. The number of nitrogens with one attached hydrogen (secondary N) is 2. The zero-order valence-electron chi connectivity index (χ0n) is 14.9. The minimum absolute atomic E-state index is 0.00480. The van der Waals surface area contributed by atoms with Gasteiger partial charge in [0.1, 0.15) is 0 Å². The van der Waals surface area contributed by atoms with Gasteiger partial charge in [-0.3, -0.25) is 4.99 Å². The summed E-state index contributed by atoms with van der Waals surface area (Å²) in [7, 11) is 4.74. The van der Waals surface area contributed by atoms with Crippen molar-refractivity contribution in [3.8, 4) is 17.2 Å². The minimum atomic E-state index is -0.00480. The van der Waals surface area contributed by atoms with E-state index in [4.69, 9.17) is 9.47 Å². The van der Waals surface area contributed by atoms with E-state index >= 15 is 0 Å². The molecular weight excluding hydrogens is 340 g/mol. The molecule has 0 aliphatic carbocycles. The number of hydrogen-bond donors (Lipinski definition) is 3. The largest absolute Gasteiger partial charge is 0.502 e. The number of guanidine groups is 1. The molecular formula is C17H24N4O3S. The summed E-state index contributed by atoms with van der Waals surface area (Å²) < 4.78 is 10.3. The fourth-order valence-electron chi connectivity index (χ4n) is 2.29. The van der Waals surface area contributed by atoms with Gasteiger partial charge in [-0.1, -0.05) is 0 Å². The van der Waals surface area contributed by atoms with Crippen LogP contribution in [-0.4, -0.2) is 43.9 Å². The minimum Gasteiger partial charge on any atom is -0.502 e. The van der Waals surface area contributed by atoms with Crippen LogP contribution in [0.3, 0.4) is 0 Å². The van der Waals surface area contributed by atoms with Crippen molar-refractivity contribution in [3.05, 3.63) is 33.8 Å². The summed E-state index contributed by atoms with van der Waals surface area (Å²) in [5.41, 5.74) is 1.99. The average Bonchev–Trinajstić information content (AvgIpc) is 3.03. The Morgan fingerprint density at radius 2 is 1.92 bits per heavy atom. The van der Waals surface area contributed by atoms with E-state index in [9.17, 15) is 5.11 Å². The Morgan fingerprint density at radius 1 is 1.24 bits per heavy atom. The molecule has 136 valence electrons. The number of nitrogens with zero attached hydrogens (tertiary/aromatic N) is 2. The van der Waals surface area contributed by atoms with Crippen LogP contribution in [0, 0.1) is 6.92 Å². The van der Waals surface area contributed by atoms with E-state index in [2.05, 4.69) is 26.0 Å². The van der Waals surface area contributed by atoms with Gasteiger partial charge in [0.15, 0.2) is 17.5 Å². The van der Waals surface area contributed by atoms with Crippen molar-refractivity contribution >= 4 is 17.3 Å². The molecule has 2 rings (SSSR count). The summed E-state index contributed by atoms with van der Waals surface area (Å²) in [6, 6.07) is 3.52. The molecule has 2 aromatic rings. The molecule has 0 aliphatic heterocycles. The number of aliphatic imine (C=N–C) groups is 1. The van der Waals surface area contributed by atoms with Crippen molar-refractivity contribution in [2.45, 2.75) is 19.9 Å². The molecule has 0 atom stereocenters. The second kappa shape index (κ2) is 9.12. The van der Waals surface area contributed by atoms with Gasteiger partial charge >= 0.3 is 0 Å². The highest BCUT2D eigenvalue weighted by molar-refractivity contribution is 7.09. The third-order valence-corrected chi connectivity index (χ3v) is 4.39. The van der Waals surface area contributed by atoms with E-state index in [0.717, 1.165) is 29.2 Å². The summed E-state index contributed by atoms with van der Waals surface area (Å²) in [6.07, 6.45) is 0.839. The van der Waals surface area contributed by atoms with Gasteiger partial charge in [0.2, 0.25) is 5.75 Å². The number of benzene rings is 1.